The number of rotatable bonds is 7. The molecule has 33 heavy (non-hydrogen) atoms. The summed E-state index contributed by atoms with van der Waals surface area (Å²) in [7, 11) is -2.28. The minimum absolute atomic E-state index is 0.113. The smallest absolute Gasteiger partial charge is 0.239 e. The maximum Gasteiger partial charge on any atom is 0.239 e. The molecule has 2 unspecified atom stereocenters. The molecule has 1 aromatic carbocycles. The minimum Gasteiger partial charge on any atom is -0.399 e. The first-order valence-corrected chi connectivity index (χ1v) is 12.9. The van der Waals surface area contributed by atoms with Crippen LogP contribution in [0.15, 0.2) is 70.0 Å². The second-order valence-corrected chi connectivity index (χ2v) is 10.5. The standard InChI is InChI=1S/C23H26FN3O4S2/c1-30-23(27-21(10-14-33(27,28)29)16-8-11-31-12-9-16)19(25)15-20(22-3-2-13-32-22)26-18-6-4-17(24)5-7-18/h2-7,10,13-16,21,23H,8-9,11-12,25H2,1H3/b19-15-,26-20?. The summed E-state index contributed by atoms with van der Waals surface area (Å²) < 4.78 is 51.6. The molecule has 1 saturated heterocycles. The molecule has 0 aliphatic carbocycles. The van der Waals surface area contributed by atoms with E-state index in [2.05, 4.69) is 4.99 Å². The predicted molar refractivity (Wildman–Crippen MR) is 127 cm³/mol. The molecule has 2 N–H and O–H groups in total. The van der Waals surface area contributed by atoms with Crippen molar-refractivity contribution >= 4 is 32.8 Å². The van der Waals surface area contributed by atoms with Gasteiger partial charge in [-0.3, -0.25) is 0 Å². The maximum atomic E-state index is 13.3. The molecule has 0 spiro atoms. The predicted octanol–water partition coefficient (Wildman–Crippen LogP) is 3.78. The molecular weight excluding hydrogens is 465 g/mol. The third-order valence-corrected chi connectivity index (χ3v) is 8.09. The molecule has 1 aromatic heterocycles. The van der Waals surface area contributed by atoms with Crippen LogP contribution in [0.1, 0.15) is 17.7 Å². The van der Waals surface area contributed by atoms with E-state index in [9.17, 15) is 12.8 Å². The number of halogens is 1. The Bertz CT molecular complexity index is 1140. The lowest BCUT2D eigenvalue weighted by atomic mass is 9.91. The second-order valence-electron chi connectivity index (χ2n) is 7.83. The Morgan fingerprint density at radius 1 is 1.30 bits per heavy atom. The Hall–Kier alpha value is -2.37. The lowest BCUT2D eigenvalue weighted by Gasteiger charge is -2.36. The van der Waals surface area contributed by atoms with Crippen molar-refractivity contribution in [3.8, 4) is 0 Å². The van der Waals surface area contributed by atoms with Crippen LogP contribution in [0, 0.1) is 11.7 Å². The van der Waals surface area contributed by atoms with Gasteiger partial charge < -0.3 is 15.2 Å². The first-order chi connectivity index (χ1) is 15.9. The van der Waals surface area contributed by atoms with E-state index in [1.54, 1.807) is 24.3 Å². The summed E-state index contributed by atoms with van der Waals surface area (Å²) >= 11 is 1.47. The Labute approximate surface area is 197 Å². The third-order valence-electron chi connectivity index (χ3n) is 5.68. The molecule has 176 valence electrons. The summed E-state index contributed by atoms with van der Waals surface area (Å²) in [6.07, 6.45) is 3.84. The van der Waals surface area contributed by atoms with E-state index in [4.69, 9.17) is 15.2 Å². The number of thiophene rings is 1. The van der Waals surface area contributed by atoms with Crippen LogP contribution in [0.3, 0.4) is 0 Å². The highest BCUT2D eigenvalue weighted by molar-refractivity contribution is 7.92. The van der Waals surface area contributed by atoms with E-state index in [1.165, 1.54) is 40.3 Å². The number of ether oxygens (including phenoxy) is 2. The van der Waals surface area contributed by atoms with Gasteiger partial charge in [0.2, 0.25) is 10.0 Å². The second kappa shape index (κ2) is 10.3. The molecule has 0 saturated carbocycles. The maximum absolute atomic E-state index is 13.3. The van der Waals surface area contributed by atoms with E-state index in [0.717, 1.165) is 17.7 Å². The monoisotopic (exact) mass is 491 g/mol. The molecule has 2 aliphatic rings. The molecule has 0 bridgehead atoms. The minimum atomic E-state index is -3.71. The van der Waals surface area contributed by atoms with E-state index >= 15 is 0 Å². The number of nitrogens with zero attached hydrogens (tertiary/aromatic N) is 2. The van der Waals surface area contributed by atoms with Crippen molar-refractivity contribution in [3.05, 3.63) is 75.7 Å². The molecule has 0 amide bonds. The van der Waals surface area contributed by atoms with E-state index in [1.807, 2.05) is 17.5 Å². The quantitative estimate of drug-likeness (QED) is 0.595. The van der Waals surface area contributed by atoms with Gasteiger partial charge in [-0.1, -0.05) is 12.1 Å². The summed E-state index contributed by atoms with van der Waals surface area (Å²) in [4.78, 5) is 5.45. The zero-order valence-electron chi connectivity index (χ0n) is 18.1. The Balaban J connectivity index is 1.69. The molecule has 4 rings (SSSR count). The Morgan fingerprint density at radius 2 is 2.03 bits per heavy atom. The normalized spacial score (nSPS) is 23.2. The topological polar surface area (TPSA) is 94.2 Å². The molecule has 7 nitrogen and oxygen atoms in total. The van der Waals surface area contributed by atoms with Crippen LogP contribution in [0.2, 0.25) is 0 Å². The molecule has 0 radical (unpaired) electrons. The van der Waals surface area contributed by atoms with Crippen molar-refractivity contribution in [3.63, 3.8) is 0 Å². The average Bonchev–Trinajstić information content (AvgIpc) is 3.45. The number of hydrogen-bond donors (Lipinski definition) is 1. The van der Waals surface area contributed by atoms with Crippen LogP contribution in [0.25, 0.3) is 0 Å². The van der Waals surface area contributed by atoms with E-state index < -0.39 is 16.3 Å². The fourth-order valence-corrected chi connectivity index (χ4v) is 6.31. The van der Waals surface area contributed by atoms with Crippen molar-refractivity contribution in [1.29, 1.82) is 0 Å². The van der Waals surface area contributed by atoms with Gasteiger partial charge in [-0.05, 0) is 60.5 Å². The fraction of sp³-hybridized carbons (Fsp3) is 0.348. The molecule has 2 aliphatic heterocycles. The summed E-state index contributed by atoms with van der Waals surface area (Å²) in [5.74, 6) is -0.241. The molecule has 2 atom stereocenters. The van der Waals surface area contributed by atoms with Crippen LogP contribution in [0.4, 0.5) is 10.1 Å². The van der Waals surface area contributed by atoms with Gasteiger partial charge in [-0.2, -0.15) is 4.31 Å². The van der Waals surface area contributed by atoms with E-state index in [-0.39, 0.29) is 23.5 Å². The first-order valence-electron chi connectivity index (χ1n) is 10.6. The number of nitrogens with two attached hydrogens (primary N) is 1. The lowest BCUT2D eigenvalue weighted by molar-refractivity contribution is -0.000430. The number of sulfonamides is 1. The number of methoxy groups -OCH3 is 1. The summed E-state index contributed by atoms with van der Waals surface area (Å²) in [6.45, 7) is 1.19. The van der Waals surface area contributed by atoms with Crippen molar-refractivity contribution in [2.24, 2.45) is 16.6 Å². The summed E-state index contributed by atoms with van der Waals surface area (Å²) in [6, 6.07) is 9.20. The molecule has 3 heterocycles. The van der Waals surface area contributed by atoms with Crippen molar-refractivity contribution in [1.82, 2.24) is 4.31 Å². The Kier molecular flexibility index (Phi) is 7.40. The largest absolute Gasteiger partial charge is 0.399 e. The van der Waals surface area contributed by atoms with Crippen LogP contribution >= 0.6 is 11.3 Å². The van der Waals surface area contributed by atoms with Gasteiger partial charge in [0, 0.05) is 25.7 Å². The highest BCUT2D eigenvalue weighted by atomic mass is 32.2. The van der Waals surface area contributed by atoms with Crippen LogP contribution in [0.5, 0.6) is 0 Å². The highest BCUT2D eigenvalue weighted by Crippen LogP contribution is 2.33. The first kappa shape index (κ1) is 23.8. The van der Waals surface area contributed by atoms with Crippen LogP contribution in [-0.2, 0) is 19.5 Å². The summed E-state index contributed by atoms with van der Waals surface area (Å²) in [5, 5.41) is 3.13. The van der Waals surface area contributed by atoms with Gasteiger partial charge in [0.1, 0.15) is 5.82 Å². The number of benzene rings is 1. The zero-order valence-corrected chi connectivity index (χ0v) is 19.8. The molecule has 2 aromatic rings. The van der Waals surface area contributed by atoms with Gasteiger partial charge in [0.05, 0.1) is 28.0 Å². The van der Waals surface area contributed by atoms with Gasteiger partial charge in [-0.25, -0.2) is 17.8 Å². The number of hydrogen-bond acceptors (Lipinski definition) is 7. The zero-order chi connectivity index (χ0) is 23.4. The van der Waals surface area contributed by atoms with Crippen LogP contribution < -0.4 is 5.73 Å². The van der Waals surface area contributed by atoms with Gasteiger partial charge >= 0.3 is 0 Å². The fourth-order valence-electron chi connectivity index (χ4n) is 4.07. The van der Waals surface area contributed by atoms with E-state index in [0.29, 0.717) is 24.6 Å². The average molecular weight is 492 g/mol. The van der Waals surface area contributed by atoms with Crippen molar-refractivity contribution in [2.75, 3.05) is 20.3 Å². The summed E-state index contributed by atoms with van der Waals surface area (Å²) in [5.41, 5.74) is 7.73. The van der Waals surface area contributed by atoms with Crippen LogP contribution in [-0.4, -0.2) is 51.0 Å². The van der Waals surface area contributed by atoms with Gasteiger partial charge in [-0.15, -0.1) is 11.3 Å². The Morgan fingerprint density at radius 3 is 2.67 bits per heavy atom. The third kappa shape index (κ3) is 5.42. The number of aliphatic imine (C=N–C) groups is 1. The lowest BCUT2D eigenvalue weighted by Crippen LogP contribution is -2.49. The molecule has 1 fully saturated rings. The molecular formula is C23H26FN3O4S2. The van der Waals surface area contributed by atoms with Crippen molar-refractivity contribution in [2.45, 2.75) is 25.1 Å². The molecule has 10 heteroatoms. The SMILES string of the molecule is COC(/C(N)=C/C(=Nc1ccc(F)cc1)c1cccs1)N1C(C2CCOCC2)C=CS1(=O)=O. The van der Waals surface area contributed by atoms with Crippen molar-refractivity contribution < 1.29 is 22.3 Å². The van der Waals surface area contributed by atoms with Gasteiger partial charge in [0.15, 0.2) is 6.23 Å². The highest BCUT2D eigenvalue weighted by Gasteiger charge is 2.43. The number of allylic oxidation sites excluding steroid dienone is 1. The van der Waals surface area contributed by atoms with Gasteiger partial charge in [0.25, 0.3) is 0 Å².